The first-order chi connectivity index (χ1) is 7.48. The maximum atomic E-state index is 9.86. The number of nitrogens with one attached hydrogen (secondary N) is 2. The largest absolute Gasteiger partial charge is 0.388 e. The van der Waals surface area contributed by atoms with E-state index in [-0.39, 0.29) is 0 Å². The third kappa shape index (κ3) is 3.32. The van der Waals surface area contributed by atoms with Crippen LogP contribution in [0.2, 0.25) is 0 Å². The van der Waals surface area contributed by atoms with Crippen LogP contribution < -0.4 is 16.6 Å². The maximum Gasteiger partial charge on any atom is 0.239 e. The molecule has 6 nitrogen and oxygen atoms in total. The molecular weight excluding hydrogens is 206 g/mol. The highest BCUT2D eigenvalue weighted by Gasteiger charge is 2.17. The monoisotopic (exact) mass is 225 g/mol. The molecule has 0 saturated heterocycles. The van der Waals surface area contributed by atoms with Gasteiger partial charge in [0.05, 0.1) is 5.60 Å². The number of aliphatic hydroxyl groups is 1. The molecule has 90 valence electrons. The van der Waals surface area contributed by atoms with Crippen LogP contribution in [0.5, 0.6) is 0 Å². The van der Waals surface area contributed by atoms with Crippen molar-refractivity contribution >= 4 is 11.8 Å². The van der Waals surface area contributed by atoms with E-state index >= 15 is 0 Å². The topological polar surface area (TPSA) is 96.1 Å². The molecule has 0 aromatic carbocycles. The fourth-order valence-electron chi connectivity index (χ4n) is 1.09. The number of anilines is 2. The number of nitrogens with zero attached hydrogens (tertiary/aromatic N) is 2. The molecule has 0 aliphatic rings. The third-order valence-corrected chi connectivity index (χ3v) is 2.50. The van der Waals surface area contributed by atoms with Gasteiger partial charge in [0.1, 0.15) is 5.82 Å². The van der Waals surface area contributed by atoms with Gasteiger partial charge in [0.15, 0.2) is 0 Å². The van der Waals surface area contributed by atoms with Gasteiger partial charge < -0.3 is 10.4 Å². The summed E-state index contributed by atoms with van der Waals surface area (Å²) in [5.74, 6) is 6.25. The minimum atomic E-state index is -0.742. The quantitative estimate of drug-likeness (QED) is 0.434. The number of hydrogen-bond acceptors (Lipinski definition) is 6. The van der Waals surface area contributed by atoms with Gasteiger partial charge >= 0.3 is 0 Å². The number of hydrogen-bond donors (Lipinski definition) is 4. The first-order valence-corrected chi connectivity index (χ1v) is 5.25. The Kier molecular flexibility index (Phi) is 4.03. The number of aromatic nitrogens is 2. The van der Waals surface area contributed by atoms with Crippen molar-refractivity contribution in [2.24, 2.45) is 5.84 Å². The van der Waals surface area contributed by atoms with Gasteiger partial charge in [-0.2, -0.15) is 4.98 Å². The van der Waals surface area contributed by atoms with E-state index in [0.717, 1.165) is 5.56 Å². The number of rotatable bonds is 5. The molecule has 1 aromatic rings. The molecular formula is C10H19N5O. The maximum absolute atomic E-state index is 9.86. The predicted octanol–water partition coefficient (Wildman–Crippen LogP) is 0.644. The Bertz CT molecular complexity index is 353. The molecule has 1 unspecified atom stereocenters. The minimum Gasteiger partial charge on any atom is -0.388 e. The average molecular weight is 225 g/mol. The van der Waals surface area contributed by atoms with Crippen LogP contribution in [0.3, 0.4) is 0 Å². The summed E-state index contributed by atoms with van der Waals surface area (Å²) in [5, 5.41) is 12.9. The van der Waals surface area contributed by atoms with Gasteiger partial charge in [-0.25, -0.2) is 10.8 Å². The zero-order chi connectivity index (χ0) is 12.2. The summed E-state index contributed by atoms with van der Waals surface area (Å²) in [6.07, 6.45) is 2.34. The normalized spacial score (nSPS) is 14.3. The molecule has 0 radical (unpaired) electrons. The van der Waals surface area contributed by atoms with Crippen molar-refractivity contribution in [3.8, 4) is 0 Å². The van der Waals surface area contributed by atoms with Gasteiger partial charge in [0.25, 0.3) is 0 Å². The van der Waals surface area contributed by atoms with Crippen molar-refractivity contribution < 1.29 is 5.11 Å². The molecule has 0 amide bonds. The van der Waals surface area contributed by atoms with E-state index in [0.29, 0.717) is 24.7 Å². The van der Waals surface area contributed by atoms with Crippen LogP contribution in [-0.4, -0.2) is 27.2 Å². The molecule has 6 heteroatoms. The second kappa shape index (κ2) is 5.09. The summed E-state index contributed by atoms with van der Waals surface area (Å²) in [7, 11) is 0. The Hall–Kier alpha value is -1.40. The number of aryl methyl sites for hydroxylation is 1. The molecule has 5 N–H and O–H groups in total. The Morgan fingerprint density at radius 1 is 1.56 bits per heavy atom. The lowest BCUT2D eigenvalue weighted by Gasteiger charge is -2.22. The predicted molar refractivity (Wildman–Crippen MR) is 64.0 cm³/mol. The van der Waals surface area contributed by atoms with Crippen LogP contribution in [0.25, 0.3) is 0 Å². The Morgan fingerprint density at radius 3 is 2.81 bits per heavy atom. The van der Waals surface area contributed by atoms with Gasteiger partial charge in [-0.1, -0.05) is 6.92 Å². The van der Waals surface area contributed by atoms with Crippen LogP contribution in [0.15, 0.2) is 6.20 Å². The van der Waals surface area contributed by atoms with Crippen molar-refractivity contribution in [2.45, 2.75) is 32.8 Å². The second-order valence-electron chi connectivity index (χ2n) is 4.07. The molecule has 0 fully saturated rings. The smallest absolute Gasteiger partial charge is 0.239 e. The molecule has 0 bridgehead atoms. The van der Waals surface area contributed by atoms with Gasteiger partial charge in [-0.3, -0.25) is 5.43 Å². The van der Waals surface area contributed by atoms with E-state index in [9.17, 15) is 5.11 Å². The van der Waals surface area contributed by atoms with Gasteiger partial charge in [-0.15, -0.1) is 0 Å². The molecule has 0 aliphatic carbocycles. The summed E-state index contributed by atoms with van der Waals surface area (Å²) < 4.78 is 0. The zero-order valence-corrected chi connectivity index (χ0v) is 9.91. The van der Waals surface area contributed by atoms with E-state index in [1.807, 2.05) is 13.8 Å². The Labute approximate surface area is 95.3 Å². The molecule has 0 aliphatic heterocycles. The average Bonchev–Trinajstić information content (AvgIpc) is 2.28. The number of hydrazine groups is 1. The van der Waals surface area contributed by atoms with E-state index < -0.39 is 5.60 Å². The van der Waals surface area contributed by atoms with Crippen molar-refractivity contribution in [2.75, 3.05) is 17.3 Å². The molecule has 1 rings (SSSR count). The van der Waals surface area contributed by atoms with Crippen molar-refractivity contribution in [1.82, 2.24) is 9.97 Å². The van der Waals surface area contributed by atoms with Gasteiger partial charge in [-0.05, 0) is 20.3 Å². The van der Waals surface area contributed by atoms with Crippen LogP contribution in [0, 0.1) is 6.92 Å². The summed E-state index contributed by atoms with van der Waals surface area (Å²) in [4.78, 5) is 8.13. The third-order valence-electron chi connectivity index (χ3n) is 2.50. The van der Waals surface area contributed by atoms with Gasteiger partial charge in [0, 0.05) is 18.3 Å². The fourth-order valence-corrected chi connectivity index (χ4v) is 1.09. The number of nitrogens with two attached hydrogens (primary N) is 1. The van der Waals surface area contributed by atoms with E-state index in [4.69, 9.17) is 5.84 Å². The summed E-state index contributed by atoms with van der Waals surface area (Å²) in [6, 6.07) is 0. The van der Waals surface area contributed by atoms with Crippen molar-refractivity contribution in [3.63, 3.8) is 0 Å². The fraction of sp³-hybridized carbons (Fsp3) is 0.600. The number of nitrogen functional groups attached to an aromatic ring is 1. The summed E-state index contributed by atoms with van der Waals surface area (Å²) in [5.41, 5.74) is 2.55. The van der Waals surface area contributed by atoms with Crippen LogP contribution in [-0.2, 0) is 0 Å². The Balaban J connectivity index is 2.73. The highest BCUT2D eigenvalue weighted by Crippen LogP contribution is 2.15. The molecule has 1 atom stereocenters. The first-order valence-electron chi connectivity index (χ1n) is 5.25. The summed E-state index contributed by atoms with van der Waals surface area (Å²) in [6.45, 7) is 6.04. The highest BCUT2D eigenvalue weighted by molar-refractivity contribution is 5.46. The first kappa shape index (κ1) is 12.7. The second-order valence-corrected chi connectivity index (χ2v) is 4.07. The molecule has 0 spiro atoms. The molecule has 1 aromatic heterocycles. The highest BCUT2D eigenvalue weighted by atomic mass is 16.3. The minimum absolute atomic E-state index is 0.351. The SMILES string of the molecule is CCC(C)(O)CNc1nc(NN)ncc1C. The van der Waals surface area contributed by atoms with E-state index in [1.54, 1.807) is 13.1 Å². The summed E-state index contributed by atoms with van der Waals surface area (Å²) >= 11 is 0. The standard InChI is InChI=1S/C10H19N5O/c1-4-10(3,16)6-13-8-7(2)5-12-9(14-8)15-11/h5,16H,4,6,11H2,1-3H3,(H2,12,13,14,15). The Morgan fingerprint density at radius 2 is 2.25 bits per heavy atom. The lowest BCUT2D eigenvalue weighted by Crippen LogP contribution is -2.33. The van der Waals surface area contributed by atoms with Gasteiger partial charge in [0.2, 0.25) is 5.95 Å². The lowest BCUT2D eigenvalue weighted by molar-refractivity contribution is 0.0696. The van der Waals surface area contributed by atoms with Crippen LogP contribution in [0.1, 0.15) is 25.8 Å². The molecule has 1 heterocycles. The molecule has 16 heavy (non-hydrogen) atoms. The molecule has 0 saturated carbocycles. The van der Waals surface area contributed by atoms with Crippen LogP contribution in [0.4, 0.5) is 11.8 Å². The van der Waals surface area contributed by atoms with E-state index in [1.165, 1.54) is 0 Å². The van der Waals surface area contributed by atoms with Crippen LogP contribution >= 0.6 is 0 Å². The van der Waals surface area contributed by atoms with E-state index in [2.05, 4.69) is 20.7 Å². The van der Waals surface area contributed by atoms with Crippen molar-refractivity contribution in [3.05, 3.63) is 11.8 Å². The lowest BCUT2D eigenvalue weighted by atomic mass is 10.0. The van der Waals surface area contributed by atoms with Crippen molar-refractivity contribution in [1.29, 1.82) is 0 Å². The zero-order valence-electron chi connectivity index (χ0n) is 9.91.